The van der Waals surface area contributed by atoms with E-state index in [0.29, 0.717) is 13.0 Å². The van der Waals surface area contributed by atoms with Gasteiger partial charge in [-0.25, -0.2) is 0 Å². The molecule has 0 radical (unpaired) electrons. The van der Waals surface area contributed by atoms with Gasteiger partial charge in [0.05, 0.1) is 11.9 Å². The summed E-state index contributed by atoms with van der Waals surface area (Å²) in [5.41, 5.74) is 3.31. The molecule has 0 spiro atoms. The normalized spacial score (nSPS) is 19.8. The number of carbonyl (C=O) groups excluding carboxylic acids is 2. The first-order valence-corrected chi connectivity index (χ1v) is 12.2. The molecule has 1 aromatic heterocycles. The molecule has 6 heteroatoms. The van der Waals surface area contributed by atoms with Crippen molar-refractivity contribution in [2.75, 3.05) is 6.61 Å². The molecule has 0 N–H and O–H groups in total. The fraction of sp³-hybridized carbons (Fsp3) is 0.480. The molecule has 5 nitrogen and oxygen atoms in total. The van der Waals surface area contributed by atoms with Gasteiger partial charge in [0.15, 0.2) is 0 Å². The first-order chi connectivity index (χ1) is 15.1. The number of aryl methyl sites for hydroxylation is 1. The molecule has 1 aliphatic carbocycles. The van der Waals surface area contributed by atoms with Crippen molar-refractivity contribution < 1.29 is 14.3 Å². The second-order valence-corrected chi connectivity index (χ2v) is 9.48. The van der Waals surface area contributed by atoms with Crippen LogP contribution in [0, 0.1) is 0 Å². The van der Waals surface area contributed by atoms with Crippen LogP contribution < -0.4 is 4.74 Å². The highest BCUT2D eigenvalue weighted by Gasteiger charge is 2.43. The van der Waals surface area contributed by atoms with Gasteiger partial charge < -0.3 is 4.74 Å². The van der Waals surface area contributed by atoms with E-state index in [-0.39, 0.29) is 22.4 Å². The van der Waals surface area contributed by atoms with Crippen LogP contribution in [0.1, 0.15) is 55.8 Å². The molecule has 2 aromatic rings. The van der Waals surface area contributed by atoms with Gasteiger partial charge in [0.25, 0.3) is 5.24 Å². The summed E-state index contributed by atoms with van der Waals surface area (Å²) >= 11 is 1.19. The van der Waals surface area contributed by atoms with Gasteiger partial charge in [-0.2, -0.15) is 0 Å². The van der Waals surface area contributed by atoms with Crippen molar-refractivity contribution in [3.8, 4) is 5.75 Å². The van der Waals surface area contributed by atoms with Crippen molar-refractivity contribution in [1.82, 2.24) is 9.88 Å². The molecular weight excluding hydrogens is 408 g/mol. The number of imide groups is 1. The molecule has 2 aliphatic rings. The Morgan fingerprint density at radius 2 is 1.77 bits per heavy atom. The van der Waals surface area contributed by atoms with E-state index < -0.39 is 0 Å². The number of rotatable bonds is 8. The third-order valence-electron chi connectivity index (χ3n) is 6.16. The number of nitrogens with zero attached hydrogens (tertiary/aromatic N) is 2. The van der Waals surface area contributed by atoms with Crippen LogP contribution in [0.15, 0.2) is 42.6 Å². The highest BCUT2D eigenvalue weighted by molar-refractivity contribution is 8.15. The van der Waals surface area contributed by atoms with E-state index in [4.69, 9.17) is 4.74 Å². The van der Waals surface area contributed by atoms with Crippen molar-refractivity contribution in [1.29, 1.82) is 0 Å². The summed E-state index contributed by atoms with van der Waals surface area (Å²) < 4.78 is 5.85. The van der Waals surface area contributed by atoms with E-state index in [1.807, 2.05) is 30.5 Å². The molecule has 0 bridgehead atoms. The Kier molecular flexibility index (Phi) is 7.28. The van der Waals surface area contributed by atoms with Gasteiger partial charge in [0.2, 0.25) is 5.91 Å². The molecule has 1 unspecified atom stereocenters. The first-order valence-electron chi connectivity index (χ1n) is 11.3. The minimum absolute atomic E-state index is 0.0104. The van der Waals surface area contributed by atoms with E-state index >= 15 is 0 Å². The van der Waals surface area contributed by atoms with Crippen molar-refractivity contribution in [2.24, 2.45) is 0 Å². The lowest BCUT2D eigenvalue weighted by molar-refractivity contribution is -0.128. The number of ether oxygens (including phenoxy) is 1. The SMILES string of the molecule is CCc1ccc(CCOc2ccc(CC3SC(=O)N(C4CCCCC4)C3=O)cc2)nc1. The van der Waals surface area contributed by atoms with Crippen molar-refractivity contribution >= 4 is 22.9 Å². The fourth-order valence-electron chi connectivity index (χ4n) is 4.29. The zero-order chi connectivity index (χ0) is 21.6. The molecular formula is C25H30N2O3S. The fourth-order valence-corrected chi connectivity index (χ4v) is 5.38. The molecule has 4 rings (SSSR count). The Labute approximate surface area is 188 Å². The minimum Gasteiger partial charge on any atom is -0.493 e. The maximum Gasteiger partial charge on any atom is 0.289 e. The predicted molar refractivity (Wildman–Crippen MR) is 123 cm³/mol. The Morgan fingerprint density at radius 3 is 2.45 bits per heavy atom. The molecule has 2 heterocycles. The van der Waals surface area contributed by atoms with E-state index in [2.05, 4.69) is 24.0 Å². The maximum absolute atomic E-state index is 12.9. The number of aromatic nitrogens is 1. The van der Waals surface area contributed by atoms with Crippen molar-refractivity contribution in [3.05, 3.63) is 59.4 Å². The van der Waals surface area contributed by atoms with Crippen molar-refractivity contribution in [2.45, 2.75) is 69.6 Å². The number of pyridine rings is 1. The summed E-state index contributed by atoms with van der Waals surface area (Å²) in [6, 6.07) is 12.1. The van der Waals surface area contributed by atoms with Crippen LogP contribution in [-0.4, -0.2) is 38.9 Å². The Morgan fingerprint density at radius 1 is 1.03 bits per heavy atom. The molecule has 1 saturated carbocycles. The van der Waals surface area contributed by atoms with Crippen LogP contribution in [0.2, 0.25) is 0 Å². The number of thioether (sulfide) groups is 1. The van der Waals surface area contributed by atoms with Gasteiger partial charge in [-0.15, -0.1) is 0 Å². The zero-order valence-corrected chi connectivity index (χ0v) is 18.9. The van der Waals surface area contributed by atoms with E-state index in [1.54, 1.807) is 4.90 Å². The minimum atomic E-state index is -0.307. The average Bonchev–Trinajstić information content (AvgIpc) is 3.08. The van der Waals surface area contributed by atoms with Crippen LogP contribution in [0.3, 0.4) is 0 Å². The summed E-state index contributed by atoms with van der Waals surface area (Å²) in [6.45, 7) is 2.69. The highest BCUT2D eigenvalue weighted by atomic mass is 32.2. The Hall–Kier alpha value is -2.34. The lowest BCUT2D eigenvalue weighted by Gasteiger charge is -2.29. The second kappa shape index (κ2) is 10.3. The topological polar surface area (TPSA) is 59.5 Å². The van der Waals surface area contributed by atoms with E-state index in [0.717, 1.165) is 55.5 Å². The monoisotopic (exact) mass is 438 g/mol. The average molecular weight is 439 g/mol. The quantitative estimate of drug-likeness (QED) is 0.567. The van der Waals surface area contributed by atoms with Gasteiger partial charge in [-0.05, 0) is 55.0 Å². The molecule has 2 amide bonds. The van der Waals surface area contributed by atoms with Crippen LogP contribution in [-0.2, 0) is 24.1 Å². The first kappa shape index (κ1) is 21.9. The molecule has 1 saturated heterocycles. The molecule has 1 atom stereocenters. The molecule has 164 valence electrons. The Balaban J connectivity index is 1.27. The smallest absolute Gasteiger partial charge is 0.289 e. The molecule has 1 aromatic carbocycles. The maximum atomic E-state index is 12.9. The van der Waals surface area contributed by atoms with E-state index in [1.165, 1.54) is 23.7 Å². The van der Waals surface area contributed by atoms with Crippen LogP contribution >= 0.6 is 11.8 Å². The predicted octanol–water partition coefficient (Wildman–Crippen LogP) is 5.20. The summed E-state index contributed by atoms with van der Waals surface area (Å²) in [4.78, 5) is 31.3. The standard InChI is InChI=1S/C25H30N2O3S/c1-2-18-8-11-20(26-17-18)14-15-30-22-12-9-19(10-13-22)16-23-24(28)27(25(29)31-23)21-6-4-3-5-7-21/h8-13,17,21,23H,2-7,14-16H2,1H3. The third-order valence-corrected chi connectivity index (χ3v) is 7.21. The molecule has 2 fully saturated rings. The highest BCUT2D eigenvalue weighted by Crippen LogP contribution is 2.35. The van der Waals surface area contributed by atoms with E-state index in [9.17, 15) is 9.59 Å². The third kappa shape index (κ3) is 5.48. The van der Waals surface area contributed by atoms with Gasteiger partial charge >= 0.3 is 0 Å². The van der Waals surface area contributed by atoms with Gasteiger partial charge in [-0.1, -0.05) is 56.1 Å². The van der Waals surface area contributed by atoms with Crippen LogP contribution in [0.4, 0.5) is 4.79 Å². The number of hydrogen-bond donors (Lipinski definition) is 0. The van der Waals surface area contributed by atoms with Gasteiger partial charge in [0, 0.05) is 24.4 Å². The summed E-state index contributed by atoms with van der Waals surface area (Å²) in [5.74, 6) is 0.794. The lowest BCUT2D eigenvalue weighted by atomic mass is 9.94. The van der Waals surface area contributed by atoms with Crippen LogP contribution in [0.5, 0.6) is 5.75 Å². The van der Waals surface area contributed by atoms with Crippen LogP contribution in [0.25, 0.3) is 0 Å². The molecule has 31 heavy (non-hydrogen) atoms. The van der Waals surface area contributed by atoms with Gasteiger partial charge in [0.1, 0.15) is 5.75 Å². The number of carbonyl (C=O) groups is 2. The number of hydrogen-bond acceptors (Lipinski definition) is 5. The number of amides is 2. The zero-order valence-electron chi connectivity index (χ0n) is 18.1. The number of benzene rings is 1. The second-order valence-electron chi connectivity index (χ2n) is 8.33. The summed E-state index contributed by atoms with van der Waals surface area (Å²) in [7, 11) is 0. The van der Waals surface area contributed by atoms with Crippen molar-refractivity contribution in [3.63, 3.8) is 0 Å². The summed E-state index contributed by atoms with van der Waals surface area (Å²) in [5, 5.41) is -0.374. The Bertz CT molecular complexity index is 892. The largest absolute Gasteiger partial charge is 0.493 e. The lowest BCUT2D eigenvalue weighted by Crippen LogP contribution is -2.41. The summed E-state index contributed by atoms with van der Waals surface area (Å²) in [6.07, 6.45) is 9.59. The molecule has 1 aliphatic heterocycles. The van der Waals surface area contributed by atoms with Gasteiger partial charge in [-0.3, -0.25) is 19.5 Å².